The first kappa shape index (κ1) is 12.1. The first-order valence-electron chi connectivity index (χ1n) is 4.25. The predicted octanol–water partition coefficient (Wildman–Crippen LogP) is 2.53. The second-order valence-electron chi connectivity index (χ2n) is 3.07. The van der Waals surface area contributed by atoms with Gasteiger partial charge in [-0.1, -0.05) is 15.9 Å². The SMILES string of the molecule is CON(C)C(=O)c1cc(C)c(Br)cc1F. The molecule has 0 aromatic heterocycles. The molecule has 0 aliphatic heterocycles. The second-order valence-corrected chi connectivity index (χ2v) is 3.92. The summed E-state index contributed by atoms with van der Waals surface area (Å²) in [6, 6.07) is 2.75. The lowest BCUT2D eigenvalue weighted by Gasteiger charge is -2.14. The molecule has 1 amide bonds. The summed E-state index contributed by atoms with van der Waals surface area (Å²) < 4.78 is 14.1. The first-order valence-corrected chi connectivity index (χ1v) is 5.04. The molecular weight excluding hydrogens is 265 g/mol. The molecule has 0 spiro atoms. The number of aryl methyl sites for hydroxylation is 1. The van der Waals surface area contributed by atoms with Gasteiger partial charge in [0.15, 0.2) is 0 Å². The monoisotopic (exact) mass is 275 g/mol. The van der Waals surface area contributed by atoms with Crippen molar-refractivity contribution in [1.29, 1.82) is 0 Å². The van der Waals surface area contributed by atoms with Crippen LogP contribution in [0.4, 0.5) is 4.39 Å². The van der Waals surface area contributed by atoms with Gasteiger partial charge in [0.05, 0.1) is 12.7 Å². The molecule has 0 aliphatic rings. The Balaban J connectivity index is 3.15. The number of halogens is 2. The van der Waals surface area contributed by atoms with E-state index in [1.165, 1.54) is 26.3 Å². The van der Waals surface area contributed by atoms with Crippen LogP contribution in [0.5, 0.6) is 0 Å². The first-order chi connectivity index (χ1) is 6.97. The zero-order valence-corrected chi connectivity index (χ0v) is 10.3. The Bertz CT molecular complexity index is 395. The van der Waals surface area contributed by atoms with Crippen molar-refractivity contribution in [3.63, 3.8) is 0 Å². The van der Waals surface area contributed by atoms with Crippen LogP contribution in [0, 0.1) is 12.7 Å². The average molecular weight is 276 g/mol. The number of carbonyl (C=O) groups excluding carboxylic acids is 1. The second kappa shape index (κ2) is 4.72. The fourth-order valence-corrected chi connectivity index (χ4v) is 1.39. The molecule has 0 aliphatic carbocycles. The van der Waals surface area contributed by atoms with E-state index < -0.39 is 11.7 Å². The molecule has 82 valence electrons. The van der Waals surface area contributed by atoms with Crippen molar-refractivity contribution < 1.29 is 14.0 Å². The maximum absolute atomic E-state index is 13.4. The van der Waals surface area contributed by atoms with E-state index in [2.05, 4.69) is 15.9 Å². The van der Waals surface area contributed by atoms with Crippen molar-refractivity contribution in [1.82, 2.24) is 5.06 Å². The lowest BCUT2D eigenvalue weighted by molar-refractivity contribution is -0.0759. The predicted molar refractivity (Wildman–Crippen MR) is 57.9 cm³/mol. The van der Waals surface area contributed by atoms with Crippen LogP contribution in [0.2, 0.25) is 0 Å². The van der Waals surface area contributed by atoms with Gasteiger partial charge in [0.1, 0.15) is 5.82 Å². The highest BCUT2D eigenvalue weighted by Gasteiger charge is 2.17. The smallest absolute Gasteiger partial charge is 0.274 e. The lowest BCUT2D eigenvalue weighted by Crippen LogP contribution is -2.26. The number of hydrogen-bond acceptors (Lipinski definition) is 2. The van der Waals surface area contributed by atoms with Crippen molar-refractivity contribution in [3.05, 3.63) is 33.5 Å². The van der Waals surface area contributed by atoms with Gasteiger partial charge in [-0.05, 0) is 24.6 Å². The van der Waals surface area contributed by atoms with Crippen LogP contribution in [-0.4, -0.2) is 25.1 Å². The zero-order valence-electron chi connectivity index (χ0n) is 8.67. The molecule has 0 N–H and O–H groups in total. The molecule has 1 rings (SSSR count). The topological polar surface area (TPSA) is 29.5 Å². The van der Waals surface area contributed by atoms with E-state index in [0.717, 1.165) is 10.6 Å². The van der Waals surface area contributed by atoms with Crippen LogP contribution in [0.25, 0.3) is 0 Å². The number of carbonyl (C=O) groups is 1. The Hall–Kier alpha value is -0.940. The molecule has 1 aromatic carbocycles. The maximum atomic E-state index is 13.4. The van der Waals surface area contributed by atoms with E-state index >= 15 is 0 Å². The summed E-state index contributed by atoms with van der Waals surface area (Å²) >= 11 is 3.19. The van der Waals surface area contributed by atoms with Gasteiger partial charge in [0.25, 0.3) is 5.91 Å². The van der Waals surface area contributed by atoms with E-state index in [1.54, 1.807) is 6.92 Å². The minimum absolute atomic E-state index is 0.0000463. The Morgan fingerprint density at radius 2 is 2.13 bits per heavy atom. The van der Waals surface area contributed by atoms with Crippen LogP contribution in [0.15, 0.2) is 16.6 Å². The number of hydrogen-bond donors (Lipinski definition) is 0. The summed E-state index contributed by atoms with van der Waals surface area (Å²) in [4.78, 5) is 16.3. The molecule has 1 aromatic rings. The largest absolute Gasteiger partial charge is 0.280 e. The number of nitrogens with zero attached hydrogens (tertiary/aromatic N) is 1. The third-order valence-corrected chi connectivity index (χ3v) is 2.89. The molecule has 3 nitrogen and oxygen atoms in total. The molecular formula is C10H11BrFNO2. The minimum Gasteiger partial charge on any atom is -0.274 e. The zero-order chi connectivity index (χ0) is 11.6. The van der Waals surface area contributed by atoms with Gasteiger partial charge in [-0.15, -0.1) is 0 Å². The molecule has 0 heterocycles. The molecule has 0 bridgehead atoms. The Kier molecular flexibility index (Phi) is 3.82. The summed E-state index contributed by atoms with van der Waals surface area (Å²) in [7, 11) is 2.78. The molecule has 0 saturated carbocycles. The van der Waals surface area contributed by atoms with Crippen molar-refractivity contribution >= 4 is 21.8 Å². The van der Waals surface area contributed by atoms with E-state index in [9.17, 15) is 9.18 Å². The standard InChI is InChI=1S/C10H11BrFNO2/c1-6-4-7(9(12)5-8(6)11)10(14)13(2)15-3/h4-5H,1-3H3. The number of amides is 1. The summed E-state index contributed by atoms with van der Waals surface area (Å²) in [6.07, 6.45) is 0. The summed E-state index contributed by atoms with van der Waals surface area (Å²) in [6.45, 7) is 1.78. The quantitative estimate of drug-likeness (QED) is 0.777. The number of hydroxylamine groups is 2. The Labute approximate surface area is 95.9 Å². The Morgan fingerprint density at radius 3 is 2.67 bits per heavy atom. The fourth-order valence-electron chi connectivity index (χ4n) is 1.07. The molecule has 5 heteroatoms. The van der Waals surface area contributed by atoms with E-state index in [-0.39, 0.29) is 5.56 Å². The van der Waals surface area contributed by atoms with Gasteiger partial charge in [-0.3, -0.25) is 9.63 Å². The van der Waals surface area contributed by atoms with Gasteiger partial charge < -0.3 is 0 Å². The van der Waals surface area contributed by atoms with Gasteiger partial charge in [0.2, 0.25) is 0 Å². The summed E-state index contributed by atoms with van der Waals surface area (Å²) in [5.74, 6) is -1.08. The van der Waals surface area contributed by atoms with Crippen molar-refractivity contribution in [2.75, 3.05) is 14.2 Å². The van der Waals surface area contributed by atoms with Gasteiger partial charge in [-0.25, -0.2) is 9.45 Å². The van der Waals surface area contributed by atoms with Crippen LogP contribution in [-0.2, 0) is 4.84 Å². The molecule has 0 fully saturated rings. The highest BCUT2D eigenvalue weighted by molar-refractivity contribution is 9.10. The average Bonchev–Trinajstić information content (AvgIpc) is 2.21. The third kappa shape index (κ3) is 2.54. The molecule has 0 atom stereocenters. The van der Waals surface area contributed by atoms with Crippen molar-refractivity contribution in [2.24, 2.45) is 0 Å². The van der Waals surface area contributed by atoms with Crippen molar-refractivity contribution in [3.8, 4) is 0 Å². The van der Waals surface area contributed by atoms with Gasteiger partial charge in [-0.2, -0.15) is 0 Å². The van der Waals surface area contributed by atoms with Crippen LogP contribution >= 0.6 is 15.9 Å². The normalized spacial score (nSPS) is 10.2. The van der Waals surface area contributed by atoms with Gasteiger partial charge in [0, 0.05) is 11.5 Å². The molecule has 0 radical (unpaired) electrons. The minimum atomic E-state index is -0.568. The van der Waals surface area contributed by atoms with Gasteiger partial charge >= 0.3 is 0 Å². The Morgan fingerprint density at radius 1 is 1.53 bits per heavy atom. The highest BCUT2D eigenvalue weighted by atomic mass is 79.9. The van der Waals surface area contributed by atoms with Crippen molar-refractivity contribution in [2.45, 2.75) is 6.92 Å². The third-order valence-electron chi connectivity index (χ3n) is 2.04. The molecule has 0 saturated heterocycles. The van der Waals surface area contributed by atoms with E-state index in [4.69, 9.17) is 4.84 Å². The maximum Gasteiger partial charge on any atom is 0.280 e. The number of benzene rings is 1. The van der Waals surface area contributed by atoms with E-state index in [0.29, 0.717) is 4.47 Å². The molecule has 15 heavy (non-hydrogen) atoms. The fraction of sp³-hybridized carbons (Fsp3) is 0.300. The van der Waals surface area contributed by atoms with E-state index in [1.807, 2.05) is 0 Å². The van der Waals surface area contributed by atoms with Crippen LogP contribution < -0.4 is 0 Å². The summed E-state index contributed by atoms with van der Waals surface area (Å²) in [5.41, 5.74) is 0.796. The highest BCUT2D eigenvalue weighted by Crippen LogP contribution is 2.21. The molecule has 0 unspecified atom stereocenters. The van der Waals surface area contributed by atoms with Crippen LogP contribution in [0.3, 0.4) is 0 Å². The summed E-state index contributed by atoms with van der Waals surface area (Å²) in [5, 5.41) is 0.978. The number of rotatable bonds is 2. The van der Waals surface area contributed by atoms with Crippen LogP contribution in [0.1, 0.15) is 15.9 Å². The lowest BCUT2D eigenvalue weighted by atomic mass is 10.1.